The fourth-order valence-electron chi connectivity index (χ4n) is 3.97. The lowest BCUT2D eigenvalue weighted by Crippen LogP contribution is -3.00. The molecule has 0 radical (unpaired) electrons. The third-order valence-corrected chi connectivity index (χ3v) is 5.46. The Kier molecular flexibility index (Phi) is 18.4. The molecule has 1 rings (SSSR count). The summed E-state index contributed by atoms with van der Waals surface area (Å²) in [6.07, 6.45) is 27.6. The first kappa shape index (κ1) is 26.4. The van der Waals surface area contributed by atoms with E-state index in [9.17, 15) is 0 Å². The fourth-order valence-corrected chi connectivity index (χ4v) is 3.97. The predicted octanol–water partition coefficient (Wildman–Crippen LogP) is 4.86. The quantitative estimate of drug-likeness (QED) is 0.262. The molecule has 0 aliphatic rings. The van der Waals surface area contributed by atoms with Crippen LogP contribution in [0.2, 0.25) is 0 Å². The van der Waals surface area contributed by atoms with Gasteiger partial charge in [-0.15, -0.1) is 0 Å². The van der Waals surface area contributed by atoms with E-state index in [-0.39, 0.29) is 12.4 Å². The van der Waals surface area contributed by atoms with Gasteiger partial charge in [0.05, 0.1) is 0 Å². The molecule has 0 spiro atoms. The molecule has 0 unspecified atom stereocenters. The van der Waals surface area contributed by atoms with Crippen molar-refractivity contribution in [3.8, 4) is 0 Å². The third kappa shape index (κ3) is 16.1. The van der Waals surface area contributed by atoms with Crippen molar-refractivity contribution in [2.24, 2.45) is 0 Å². The highest BCUT2D eigenvalue weighted by Crippen LogP contribution is 2.13. The van der Waals surface area contributed by atoms with Gasteiger partial charge >= 0.3 is 0 Å². The maximum atomic E-state index is 2.37. The van der Waals surface area contributed by atoms with E-state index in [1.54, 1.807) is 0 Å². The second-order valence-corrected chi connectivity index (χ2v) is 8.43. The van der Waals surface area contributed by atoms with E-state index in [1.807, 2.05) is 0 Å². The van der Waals surface area contributed by atoms with Crippen LogP contribution in [0.1, 0.15) is 121 Å². The number of nitrogens with zero attached hydrogens (tertiary/aromatic N) is 1. The lowest BCUT2D eigenvalue weighted by atomic mass is 10.0. The molecule has 0 amide bonds. The van der Waals surface area contributed by atoms with Crippen LogP contribution in [0.3, 0.4) is 0 Å². The topological polar surface area (TPSA) is 3.88 Å². The van der Waals surface area contributed by atoms with Gasteiger partial charge < -0.3 is 12.4 Å². The van der Waals surface area contributed by atoms with E-state index in [0.29, 0.717) is 0 Å². The van der Waals surface area contributed by atoms with Gasteiger partial charge in [0.2, 0.25) is 0 Å². The van der Waals surface area contributed by atoms with Crippen LogP contribution in [0.25, 0.3) is 0 Å². The minimum Gasteiger partial charge on any atom is -1.00 e. The average Bonchev–Trinajstić information content (AvgIpc) is 2.60. The average molecular weight is 396 g/mol. The van der Waals surface area contributed by atoms with Crippen LogP contribution in [0, 0.1) is 13.8 Å². The van der Waals surface area contributed by atoms with E-state index in [4.69, 9.17) is 0 Å². The van der Waals surface area contributed by atoms with Crippen molar-refractivity contribution in [3.63, 3.8) is 0 Å². The lowest BCUT2D eigenvalue weighted by Gasteiger charge is -2.03. The van der Waals surface area contributed by atoms with Crippen LogP contribution in [-0.4, -0.2) is 0 Å². The largest absolute Gasteiger partial charge is 1.00 e. The highest BCUT2D eigenvalue weighted by atomic mass is 35.5. The van der Waals surface area contributed by atoms with Crippen molar-refractivity contribution in [1.82, 2.24) is 0 Å². The van der Waals surface area contributed by atoms with Gasteiger partial charge in [-0.3, -0.25) is 0 Å². The number of rotatable bonds is 17. The Labute approximate surface area is 176 Å². The van der Waals surface area contributed by atoms with Crippen LogP contribution >= 0.6 is 0 Å². The maximum absolute atomic E-state index is 2.37. The van der Waals surface area contributed by atoms with Crippen molar-refractivity contribution in [2.75, 3.05) is 0 Å². The van der Waals surface area contributed by atoms with Crippen molar-refractivity contribution >= 4 is 0 Å². The normalized spacial score (nSPS) is 10.8. The summed E-state index contributed by atoms with van der Waals surface area (Å²) in [6, 6.07) is 2.25. The monoisotopic (exact) mass is 395 g/mol. The molecule has 0 aromatic carbocycles. The van der Waals surface area contributed by atoms with Gasteiger partial charge in [-0.1, -0.05) is 96.8 Å². The van der Waals surface area contributed by atoms with E-state index < -0.39 is 0 Å². The van der Waals surface area contributed by atoms with Crippen molar-refractivity contribution < 1.29 is 17.0 Å². The Morgan fingerprint density at radius 2 is 0.889 bits per heavy atom. The first-order valence-electron chi connectivity index (χ1n) is 11.7. The zero-order chi connectivity index (χ0) is 18.9. The third-order valence-electron chi connectivity index (χ3n) is 5.46. The van der Waals surface area contributed by atoms with Gasteiger partial charge in [-0.25, -0.2) is 4.57 Å². The molecule has 0 atom stereocenters. The number of hydrogen-bond donors (Lipinski definition) is 0. The van der Waals surface area contributed by atoms with Gasteiger partial charge in [0.15, 0.2) is 12.4 Å². The zero-order valence-corrected chi connectivity index (χ0v) is 19.3. The minimum absolute atomic E-state index is 0. The Morgan fingerprint density at radius 1 is 0.556 bits per heavy atom. The molecule has 0 aliphatic heterocycles. The molecule has 2 heteroatoms. The van der Waals surface area contributed by atoms with Crippen LogP contribution in [0.4, 0.5) is 0 Å². The molecule has 1 nitrogen and oxygen atoms in total. The molecular formula is C25H46ClN. The molecule has 0 N–H and O–H groups in total. The van der Waals surface area contributed by atoms with Gasteiger partial charge in [0, 0.05) is 17.5 Å². The van der Waals surface area contributed by atoms with Crippen LogP contribution in [0.5, 0.6) is 0 Å². The summed E-state index contributed by atoms with van der Waals surface area (Å²) >= 11 is 0. The first-order chi connectivity index (χ1) is 12.7. The second kappa shape index (κ2) is 18.8. The van der Waals surface area contributed by atoms with E-state index in [2.05, 4.69) is 43.8 Å². The number of halogens is 1. The number of aromatic nitrogens is 1. The summed E-state index contributed by atoms with van der Waals surface area (Å²) < 4.78 is 2.37. The Hall–Kier alpha value is -0.560. The number of unbranched alkanes of at least 4 members (excludes halogenated alkanes) is 15. The van der Waals surface area contributed by atoms with E-state index >= 15 is 0 Å². The molecule has 0 saturated carbocycles. The minimum atomic E-state index is 0. The number of hydrogen-bond acceptors (Lipinski definition) is 0. The summed E-state index contributed by atoms with van der Waals surface area (Å²) in [4.78, 5) is 0. The zero-order valence-electron chi connectivity index (χ0n) is 18.6. The summed E-state index contributed by atoms with van der Waals surface area (Å²) in [5.41, 5.74) is 2.75. The van der Waals surface area contributed by atoms with Crippen LogP contribution < -0.4 is 17.0 Å². The summed E-state index contributed by atoms with van der Waals surface area (Å²) in [7, 11) is 0. The molecule has 0 fully saturated rings. The highest BCUT2D eigenvalue weighted by Gasteiger charge is 2.02. The van der Waals surface area contributed by atoms with Gasteiger partial charge in [-0.05, 0) is 26.3 Å². The van der Waals surface area contributed by atoms with Gasteiger partial charge in [0.25, 0.3) is 0 Å². The molecule has 1 heterocycles. The van der Waals surface area contributed by atoms with Crippen molar-refractivity contribution in [2.45, 2.75) is 130 Å². The molecule has 0 bridgehead atoms. The maximum Gasteiger partial charge on any atom is 0.171 e. The molecule has 1 aromatic rings. The Balaban J connectivity index is 0.00000676. The summed E-state index contributed by atoms with van der Waals surface area (Å²) in [5.74, 6) is 0. The van der Waals surface area contributed by atoms with Crippen LogP contribution in [0.15, 0.2) is 18.5 Å². The molecule has 158 valence electrons. The molecule has 27 heavy (non-hydrogen) atoms. The fraction of sp³-hybridized carbons (Fsp3) is 0.800. The first-order valence-corrected chi connectivity index (χ1v) is 11.7. The van der Waals surface area contributed by atoms with E-state index in [0.717, 1.165) is 0 Å². The number of pyridine rings is 1. The van der Waals surface area contributed by atoms with Crippen molar-refractivity contribution in [1.29, 1.82) is 0 Å². The Bertz CT molecular complexity index is 424. The SMILES string of the molecule is CCCCCCCCCCCCCCCCCC[n+]1cc(C)cc(C)c1.[Cl-]. The molecule has 1 aromatic heterocycles. The molecule has 0 aliphatic carbocycles. The second-order valence-electron chi connectivity index (χ2n) is 8.43. The smallest absolute Gasteiger partial charge is 0.171 e. The van der Waals surface area contributed by atoms with Crippen LogP contribution in [-0.2, 0) is 6.54 Å². The predicted molar refractivity (Wildman–Crippen MR) is 116 cm³/mol. The molecular weight excluding hydrogens is 350 g/mol. The Morgan fingerprint density at radius 3 is 1.26 bits per heavy atom. The summed E-state index contributed by atoms with van der Waals surface area (Å²) in [5, 5.41) is 0. The highest BCUT2D eigenvalue weighted by molar-refractivity contribution is 5.11. The van der Waals surface area contributed by atoms with Gasteiger partial charge in [-0.2, -0.15) is 0 Å². The lowest BCUT2D eigenvalue weighted by molar-refractivity contribution is -0.698. The van der Waals surface area contributed by atoms with E-state index in [1.165, 1.54) is 120 Å². The number of aryl methyl sites for hydroxylation is 3. The molecule has 0 saturated heterocycles. The van der Waals surface area contributed by atoms with Gasteiger partial charge in [0.1, 0.15) is 6.54 Å². The van der Waals surface area contributed by atoms with Crippen molar-refractivity contribution in [3.05, 3.63) is 29.6 Å². The summed E-state index contributed by atoms with van der Waals surface area (Å²) in [6.45, 7) is 7.86. The standard InChI is InChI=1S/C25H46N.ClH/c1-4-5-6-7-8-9-10-11-12-13-14-15-16-17-18-19-20-26-22-24(2)21-25(3)23-26;/h21-23H,4-20H2,1-3H3;1H/q+1;/p-1.